The topological polar surface area (TPSA) is 21.1 Å². The quantitative estimate of drug-likeness (QED) is 0.848. The molecule has 1 unspecified atom stereocenters. The Labute approximate surface area is 131 Å². The molecule has 0 saturated carbocycles. The first kappa shape index (κ1) is 15.2. The van der Waals surface area contributed by atoms with Gasteiger partial charge >= 0.3 is 0 Å². The molecular weight excluding hydrogens is 277 g/mol. The molecule has 0 bridgehead atoms. The Kier molecular flexibility index (Phi) is 4.57. The van der Waals surface area contributed by atoms with Crippen molar-refractivity contribution in [2.45, 2.75) is 52.2 Å². The van der Waals surface area contributed by atoms with Crippen LogP contribution >= 0.6 is 0 Å². The van der Waals surface area contributed by atoms with E-state index in [0.717, 1.165) is 37.3 Å². The van der Waals surface area contributed by atoms with Gasteiger partial charge in [-0.1, -0.05) is 18.6 Å². The summed E-state index contributed by atoms with van der Waals surface area (Å²) in [5.74, 6) is -0.141. The number of aryl methyl sites for hydroxylation is 2. The fraction of sp³-hybridized carbons (Fsp3) is 0.500. The molecule has 1 saturated heterocycles. The van der Waals surface area contributed by atoms with Crippen molar-refractivity contribution in [1.82, 2.24) is 14.7 Å². The minimum Gasteiger partial charge on any atom is -0.292 e. The van der Waals surface area contributed by atoms with Crippen molar-refractivity contribution in [2.75, 3.05) is 6.54 Å². The SMILES string of the molecule is CCn1cc(CN2CCCCC2c2cccc(F)c2)c(C)n1. The van der Waals surface area contributed by atoms with E-state index in [9.17, 15) is 4.39 Å². The van der Waals surface area contributed by atoms with E-state index in [1.807, 2.05) is 16.8 Å². The summed E-state index contributed by atoms with van der Waals surface area (Å²) in [5, 5.41) is 4.54. The van der Waals surface area contributed by atoms with Crippen LogP contribution in [0.2, 0.25) is 0 Å². The number of nitrogens with zero attached hydrogens (tertiary/aromatic N) is 3. The van der Waals surface area contributed by atoms with Gasteiger partial charge in [-0.25, -0.2) is 4.39 Å². The van der Waals surface area contributed by atoms with Crippen LogP contribution in [0.5, 0.6) is 0 Å². The van der Waals surface area contributed by atoms with Gasteiger partial charge in [0.2, 0.25) is 0 Å². The van der Waals surface area contributed by atoms with Gasteiger partial charge in [0.05, 0.1) is 5.69 Å². The predicted octanol–water partition coefficient (Wildman–Crippen LogP) is 4.08. The van der Waals surface area contributed by atoms with E-state index in [1.165, 1.54) is 24.5 Å². The zero-order valence-corrected chi connectivity index (χ0v) is 13.4. The minimum absolute atomic E-state index is 0.141. The monoisotopic (exact) mass is 301 g/mol. The first-order valence-electron chi connectivity index (χ1n) is 8.20. The molecule has 0 amide bonds. The van der Waals surface area contributed by atoms with Gasteiger partial charge in [-0.15, -0.1) is 0 Å². The van der Waals surface area contributed by atoms with Crippen LogP contribution in [0.3, 0.4) is 0 Å². The predicted molar refractivity (Wildman–Crippen MR) is 86.0 cm³/mol. The Balaban J connectivity index is 1.82. The molecule has 0 N–H and O–H groups in total. The Bertz CT molecular complexity index is 635. The van der Waals surface area contributed by atoms with E-state index in [-0.39, 0.29) is 5.82 Å². The van der Waals surface area contributed by atoms with E-state index in [0.29, 0.717) is 6.04 Å². The molecule has 3 rings (SSSR count). The van der Waals surface area contributed by atoms with Gasteiger partial charge in [0.15, 0.2) is 0 Å². The third-order valence-corrected chi connectivity index (χ3v) is 4.59. The maximum atomic E-state index is 13.6. The lowest BCUT2D eigenvalue weighted by Crippen LogP contribution is -2.33. The van der Waals surface area contributed by atoms with Crippen molar-refractivity contribution in [3.63, 3.8) is 0 Å². The van der Waals surface area contributed by atoms with E-state index >= 15 is 0 Å². The number of likely N-dealkylation sites (tertiary alicyclic amines) is 1. The average Bonchev–Trinajstić information content (AvgIpc) is 2.88. The van der Waals surface area contributed by atoms with Crippen LogP contribution < -0.4 is 0 Å². The number of rotatable bonds is 4. The number of hydrogen-bond donors (Lipinski definition) is 0. The van der Waals surface area contributed by atoms with Gasteiger partial charge in [0.25, 0.3) is 0 Å². The van der Waals surface area contributed by atoms with E-state index in [1.54, 1.807) is 6.07 Å². The average molecular weight is 301 g/mol. The number of aromatic nitrogens is 2. The molecule has 4 heteroatoms. The van der Waals surface area contributed by atoms with Gasteiger partial charge in [0, 0.05) is 30.9 Å². The van der Waals surface area contributed by atoms with Gasteiger partial charge in [-0.3, -0.25) is 9.58 Å². The smallest absolute Gasteiger partial charge is 0.123 e. The molecule has 1 aliphatic heterocycles. The zero-order valence-electron chi connectivity index (χ0n) is 13.4. The van der Waals surface area contributed by atoms with Gasteiger partial charge < -0.3 is 0 Å². The summed E-state index contributed by atoms with van der Waals surface area (Å²) in [6.07, 6.45) is 5.68. The van der Waals surface area contributed by atoms with Crippen molar-refractivity contribution < 1.29 is 4.39 Å². The molecule has 2 aromatic rings. The lowest BCUT2D eigenvalue weighted by Gasteiger charge is -2.36. The molecule has 1 aromatic heterocycles. The molecule has 0 radical (unpaired) electrons. The molecule has 1 aromatic carbocycles. The van der Waals surface area contributed by atoms with Crippen molar-refractivity contribution in [3.8, 4) is 0 Å². The Morgan fingerprint density at radius 2 is 2.18 bits per heavy atom. The van der Waals surface area contributed by atoms with E-state index < -0.39 is 0 Å². The number of benzene rings is 1. The highest BCUT2D eigenvalue weighted by molar-refractivity contribution is 5.22. The fourth-order valence-corrected chi connectivity index (χ4v) is 3.37. The van der Waals surface area contributed by atoms with Crippen molar-refractivity contribution >= 4 is 0 Å². The summed E-state index contributed by atoms with van der Waals surface area (Å²) in [6, 6.07) is 7.39. The van der Waals surface area contributed by atoms with E-state index in [4.69, 9.17) is 0 Å². The highest BCUT2D eigenvalue weighted by atomic mass is 19.1. The number of piperidine rings is 1. The normalized spacial score (nSPS) is 19.5. The second-order valence-electron chi connectivity index (χ2n) is 6.13. The molecule has 2 heterocycles. The number of halogens is 1. The summed E-state index contributed by atoms with van der Waals surface area (Å²) in [7, 11) is 0. The summed E-state index contributed by atoms with van der Waals surface area (Å²) >= 11 is 0. The second-order valence-corrected chi connectivity index (χ2v) is 6.13. The van der Waals surface area contributed by atoms with Crippen LogP contribution in [0.25, 0.3) is 0 Å². The van der Waals surface area contributed by atoms with Crippen LogP contribution in [0, 0.1) is 12.7 Å². The first-order chi connectivity index (χ1) is 10.7. The van der Waals surface area contributed by atoms with Crippen LogP contribution in [-0.2, 0) is 13.1 Å². The minimum atomic E-state index is -0.141. The molecular formula is C18H24FN3. The second kappa shape index (κ2) is 6.61. The summed E-state index contributed by atoms with van der Waals surface area (Å²) < 4.78 is 15.5. The lowest BCUT2D eigenvalue weighted by molar-refractivity contribution is 0.140. The van der Waals surface area contributed by atoms with Crippen LogP contribution in [0.1, 0.15) is 49.0 Å². The van der Waals surface area contributed by atoms with E-state index in [2.05, 4.69) is 30.0 Å². The number of hydrogen-bond acceptors (Lipinski definition) is 2. The lowest BCUT2D eigenvalue weighted by atomic mass is 9.94. The zero-order chi connectivity index (χ0) is 15.5. The standard InChI is InChI=1S/C18H24FN3/c1-3-22-13-16(14(2)20-22)12-21-10-5-4-9-18(21)15-7-6-8-17(19)11-15/h6-8,11,13,18H,3-5,9-10,12H2,1-2H3. The third-order valence-electron chi connectivity index (χ3n) is 4.59. The molecule has 118 valence electrons. The molecule has 1 atom stereocenters. The van der Waals surface area contributed by atoms with Crippen LogP contribution in [-0.4, -0.2) is 21.2 Å². The molecule has 22 heavy (non-hydrogen) atoms. The van der Waals surface area contributed by atoms with Gasteiger partial charge in [-0.2, -0.15) is 5.10 Å². The molecule has 1 aliphatic rings. The molecule has 1 fully saturated rings. The Morgan fingerprint density at radius 3 is 2.91 bits per heavy atom. The largest absolute Gasteiger partial charge is 0.292 e. The highest BCUT2D eigenvalue weighted by Crippen LogP contribution is 2.32. The fourth-order valence-electron chi connectivity index (χ4n) is 3.37. The maximum absolute atomic E-state index is 13.6. The Hall–Kier alpha value is -1.68. The Morgan fingerprint density at radius 1 is 1.32 bits per heavy atom. The van der Waals surface area contributed by atoms with Crippen molar-refractivity contribution in [3.05, 3.63) is 53.1 Å². The van der Waals surface area contributed by atoms with Crippen LogP contribution in [0.4, 0.5) is 4.39 Å². The summed E-state index contributed by atoms with van der Waals surface area (Å²) in [6.45, 7) is 7.04. The highest BCUT2D eigenvalue weighted by Gasteiger charge is 2.25. The van der Waals surface area contributed by atoms with Crippen LogP contribution in [0.15, 0.2) is 30.5 Å². The molecule has 3 nitrogen and oxygen atoms in total. The summed E-state index contributed by atoms with van der Waals surface area (Å²) in [4.78, 5) is 2.47. The van der Waals surface area contributed by atoms with Gasteiger partial charge in [-0.05, 0) is 50.9 Å². The maximum Gasteiger partial charge on any atom is 0.123 e. The summed E-state index contributed by atoms with van der Waals surface area (Å²) in [5.41, 5.74) is 3.48. The molecule has 0 aliphatic carbocycles. The first-order valence-corrected chi connectivity index (χ1v) is 8.20. The molecule has 0 spiro atoms. The van der Waals surface area contributed by atoms with Gasteiger partial charge in [0.1, 0.15) is 5.82 Å². The van der Waals surface area contributed by atoms with Crippen molar-refractivity contribution in [1.29, 1.82) is 0 Å². The third kappa shape index (κ3) is 3.22. The van der Waals surface area contributed by atoms with Crippen molar-refractivity contribution in [2.24, 2.45) is 0 Å².